The zero-order valence-corrected chi connectivity index (χ0v) is 19.0. The average Bonchev–Trinajstić information content (AvgIpc) is 3.13. The molecule has 3 heterocycles. The van der Waals surface area contributed by atoms with Crippen LogP contribution in [0.5, 0.6) is 11.5 Å². The monoisotopic (exact) mass is 469 g/mol. The van der Waals surface area contributed by atoms with Crippen molar-refractivity contribution in [1.29, 1.82) is 0 Å². The zero-order valence-electron chi connectivity index (χ0n) is 19.0. The molecule has 2 aromatic carbocycles. The van der Waals surface area contributed by atoms with Crippen molar-refractivity contribution in [2.24, 2.45) is 0 Å². The number of rotatable bonds is 6. The third kappa shape index (κ3) is 5.43. The van der Waals surface area contributed by atoms with Gasteiger partial charge >= 0.3 is 0 Å². The van der Waals surface area contributed by atoms with Gasteiger partial charge in [0.2, 0.25) is 5.91 Å². The van der Waals surface area contributed by atoms with Gasteiger partial charge in [0.05, 0.1) is 6.20 Å². The number of anilines is 1. The van der Waals surface area contributed by atoms with E-state index in [1.165, 1.54) is 30.8 Å². The van der Waals surface area contributed by atoms with Crippen molar-refractivity contribution in [1.82, 2.24) is 19.7 Å². The normalized spacial score (nSPS) is 13.3. The molecule has 0 saturated carbocycles. The maximum atomic E-state index is 14.4. The predicted octanol–water partition coefficient (Wildman–Crippen LogP) is 5.65. The molecule has 176 valence electrons. The molecule has 0 bridgehead atoms. The lowest BCUT2D eigenvalue weighted by Gasteiger charge is -2.09. The fraction of sp³-hybridized carbons (Fsp3) is 0.185. The fourth-order valence-electron chi connectivity index (χ4n) is 4.03. The number of ether oxygens (including phenoxy) is 1. The first-order chi connectivity index (χ1) is 17.2. The third-order valence-electron chi connectivity index (χ3n) is 5.74. The van der Waals surface area contributed by atoms with Gasteiger partial charge < -0.3 is 14.6 Å². The van der Waals surface area contributed by atoms with Gasteiger partial charge in [-0.2, -0.15) is 0 Å². The summed E-state index contributed by atoms with van der Waals surface area (Å²) in [6, 6.07) is 15.5. The summed E-state index contributed by atoms with van der Waals surface area (Å²) >= 11 is 0. The number of carbonyl (C=O) groups excluding carboxylic acids is 1. The summed E-state index contributed by atoms with van der Waals surface area (Å²) in [6.45, 7) is 0.902. The Kier molecular flexibility index (Phi) is 6.61. The molecule has 4 aromatic rings. The maximum absolute atomic E-state index is 14.4. The van der Waals surface area contributed by atoms with Gasteiger partial charge in [-0.3, -0.25) is 9.78 Å². The van der Waals surface area contributed by atoms with E-state index < -0.39 is 5.82 Å². The number of halogens is 1. The Bertz CT molecular complexity index is 1370. The fourth-order valence-corrected chi connectivity index (χ4v) is 4.03. The second-order valence-corrected chi connectivity index (χ2v) is 8.29. The van der Waals surface area contributed by atoms with Gasteiger partial charge in [-0.15, -0.1) is 10.2 Å². The standard InChI is InChI=1S/C27H24FN5O2/c28-23-16-19(10-12-24(23)35-22-8-5-14-29-18-22)11-13-26(34)30-21-7-4-6-20(17-21)27-32-31-25-9-2-1-3-15-33(25)27/h4-8,10-14,16-18H,1-3,9,15H2,(H,30,34)/b13-11+. The number of pyridine rings is 1. The number of hydrogen-bond acceptors (Lipinski definition) is 5. The van der Waals surface area contributed by atoms with Gasteiger partial charge in [0, 0.05) is 36.5 Å². The Hall–Kier alpha value is -4.33. The van der Waals surface area contributed by atoms with Crippen molar-refractivity contribution >= 4 is 17.7 Å². The van der Waals surface area contributed by atoms with Crippen LogP contribution in [0.15, 0.2) is 73.1 Å². The van der Waals surface area contributed by atoms with Crippen LogP contribution in [0, 0.1) is 5.82 Å². The lowest BCUT2D eigenvalue weighted by molar-refractivity contribution is -0.111. The minimum absolute atomic E-state index is 0.0859. The van der Waals surface area contributed by atoms with Crippen molar-refractivity contribution in [2.75, 3.05) is 5.32 Å². The van der Waals surface area contributed by atoms with Gasteiger partial charge in [-0.25, -0.2) is 4.39 Å². The number of nitrogens with one attached hydrogen (secondary N) is 1. The number of amides is 1. The quantitative estimate of drug-likeness (QED) is 0.369. The molecule has 0 saturated heterocycles. The minimum Gasteiger partial charge on any atom is -0.453 e. The van der Waals surface area contributed by atoms with E-state index in [2.05, 4.69) is 25.1 Å². The highest BCUT2D eigenvalue weighted by molar-refractivity contribution is 6.02. The molecule has 7 nitrogen and oxygen atoms in total. The molecule has 1 N–H and O–H groups in total. The van der Waals surface area contributed by atoms with Crippen LogP contribution in [0.2, 0.25) is 0 Å². The van der Waals surface area contributed by atoms with Crippen molar-refractivity contribution in [3.8, 4) is 22.9 Å². The molecule has 1 aliphatic heterocycles. The molecule has 1 aliphatic rings. The van der Waals surface area contributed by atoms with Gasteiger partial charge in [-0.1, -0.05) is 24.6 Å². The highest BCUT2D eigenvalue weighted by atomic mass is 19.1. The largest absolute Gasteiger partial charge is 0.453 e. The van der Waals surface area contributed by atoms with Gasteiger partial charge in [-0.05, 0) is 60.9 Å². The Morgan fingerprint density at radius 2 is 2.00 bits per heavy atom. The molecule has 5 rings (SSSR count). The molecule has 0 atom stereocenters. The lowest BCUT2D eigenvalue weighted by atomic mass is 10.1. The van der Waals surface area contributed by atoms with Crippen LogP contribution in [-0.2, 0) is 17.8 Å². The van der Waals surface area contributed by atoms with Crippen molar-refractivity contribution in [2.45, 2.75) is 32.2 Å². The molecule has 8 heteroatoms. The van der Waals surface area contributed by atoms with Crippen molar-refractivity contribution in [3.63, 3.8) is 0 Å². The summed E-state index contributed by atoms with van der Waals surface area (Å²) in [5.41, 5.74) is 2.09. The van der Waals surface area contributed by atoms with Crippen molar-refractivity contribution < 1.29 is 13.9 Å². The van der Waals surface area contributed by atoms with Crippen LogP contribution in [-0.4, -0.2) is 25.7 Å². The van der Waals surface area contributed by atoms with Crippen LogP contribution in [0.1, 0.15) is 30.7 Å². The first-order valence-electron chi connectivity index (χ1n) is 11.5. The summed E-state index contributed by atoms with van der Waals surface area (Å²) in [4.78, 5) is 16.4. The molecule has 35 heavy (non-hydrogen) atoms. The molecule has 1 amide bonds. The lowest BCUT2D eigenvalue weighted by Crippen LogP contribution is -2.08. The number of aromatic nitrogens is 4. The molecular formula is C27H24FN5O2. The molecule has 0 aliphatic carbocycles. The van der Waals surface area contributed by atoms with Crippen LogP contribution >= 0.6 is 0 Å². The van der Waals surface area contributed by atoms with Gasteiger partial charge in [0.25, 0.3) is 0 Å². The van der Waals surface area contributed by atoms with E-state index in [1.807, 2.05) is 24.3 Å². The van der Waals surface area contributed by atoms with Crippen LogP contribution in [0.4, 0.5) is 10.1 Å². The number of nitrogens with zero attached hydrogens (tertiary/aromatic N) is 4. The van der Waals surface area contributed by atoms with Gasteiger partial charge in [0.1, 0.15) is 11.6 Å². The molecule has 0 radical (unpaired) electrons. The third-order valence-corrected chi connectivity index (χ3v) is 5.74. The van der Waals surface area contributed by atoms with Gasteiger partial charge in [0.15, 0.2) is 17.4 Å². The highest BCUT2D eigenvalue weighted by Crippen LogP contribution is 2.26. The van der Waals surface area contributed by atoms with Crippen LogP contribution < -0.4 is 10.1 Å². The molecule has 2 aromatic heterocycles. The van der Waals surface area contributed by atoms with E-state index in [0.717, 1.165) is 43.0 Å². The summed E-state index contributed by atoms with van der Waals surface area (Å²) in [7, 11) is 0. The maximum Gasteiger partial charge on any atom is 0.248 e. The molecule has 0 unspecified atom stereocenters. The highest BCUT2D eigenvalue weighted by Gasteiger charge is 2.16. The summed E-state index contributed by atoms with van der Waals surface area (Å²) < 4.78 is 22.1. The second-order valence-electron chi connectivity index (χ2n) is 8.29. The Morgan fingerprint density at radius 1 is 1.06 bits per heavy atom. The average molecular weight is 470 g/mol. The second kappa shape index (κ2) is 10.3. The predicted molar refractivity (Wildman–Crippen MR) is 131 cm³/mol. The Morgan fingerprint density at radius 3 is 2.86 bits per heavy atom. The zero-order chi connectivity index (χ0) is 24.0. The van der Waals surface area contributed by atoms with E-state index in [4.69, 9.17) is 4.74 Å². The smallest absolute Gasteiger partial charge is 0.248 e. The number of fused-ring (bicyclic) bond motifs is 1. The number of aryl methyl sites for hydroxylation is 1. The molecular weight excluding hydrogens is 445 g/mol. The summed E-state index contributed by atoms with van der Waals surface area (Å²) in [5, 5.41) is 11.6. The molecule has 0 fully saturated rings. The molecule has 0 spiro atoms. The van der Waals surface area contributed by atoms with Crippen LogP contribution in [0.3, 0.4) is 0 Å². The summed E-state index contributed by atoms with van der Waals surface area (Å²) in [5.74, 6) is 1.51. The summed E-state index contributed by atoms with van der Waals surface area (Å²) in [6.07, 6.45) is 10.4. The number of hydrogen-bond donors (Lipinski definition) is 1. The van der Waals surface area contributed by atoms with Crippen LogP contribution in [0.25, 0.3) is 17.5 Å². The van der Waals surface area contributed by atoms with Crippen molar-refractivity contribution in [3.05, 3.63) is 90.3 Å². The first-order valence-corrected chi connectivity index (χ1v) is 11.5. The Labute approximate surface area is 202 Å². The van der Waals surface area contributed by atoms with E-state index in [-0.39, 0.29) is 11.7 Å². The van der Waals surface area contributed by atoms with E-state index in [9.17, 15) is 9.18 Å². The number of carbonyl (C=O) groups is 1. The topological polar surface area (TPSA) is 81.9 Å². The number of benzene rings is 2. The SMILES string of the molecule is O=C(/C=C/c1ccc(Oc2cccnc2)c(F)c1)Nc1cccc(-c2nnc3n2CCCCC3)c1. The minimum atomic E-state index is -0.531. The van der Waals surface area contributed by atoms with E-state index >= 15 is 0 Å². The van der Waals surface area contributed by atoms with E-state index in [0.29, 0.717) is 17.0 Å². The first kappa shape index (κ1) is 22.5. The Balaban J connectivity index is 1.25. The van der Waals surface area contributed by atoms with E-state index in [1.54, 1.807) is 30.5 Å².